The van der Waals surface area contributed by atoms with Crippen LogP contribution in [0.2, 0.25) is 10.0 Å². The summed E-state index contributed by atoms with van der Waals surface area (Å²) in [4.78, 5) is 12.6. The van der Waals surface area contributed by atoms with Gasteiger partial charge in [0.25, 0.3) is 11.6 Å². The Kier molecular flexibility index (Phi) is 6.65. The Hall–Kier alpha value is -1.51. The number of carbonyl (C=O) groups is 1. The minimum atomic E-state index is -5.07. The zero-order valence-corrected chi connectivity index (χ0v) is 16.2. The van der Waals surface area contributed by atoms with Crippen LogP contribution >= 0.6 is 23.2 Å². The number of amides is 1. The van der Waals surface area contributed by atoms with Crippen molar-refractivity contribution in [2.24, 2.45) is 5.10 Å². The summed E-state index contributed by atoms with van der Waals surface area (Å²) in [7, 11) is 0. The molecule has 1 amide bonds. The number of hydrogen-bond donors (Lipinski definition) is 1. The smallest absolute Gasteiger partial charge is 0.438 e. The van der Waals surface area contributed by atoms with Crippen molar-refractivity contribution in [1.82, 2.24) is 5.01 Å². The third-order valence-electron chi connectivity index (χ3n) is 4.07. The molecule has 0 fully saturated rings. The molecule has 0 saturated heterocycles. The fraction of sp³-hybridized carbons (Fsp3) is 0.529. The molecular formula is C17H19Cl2F3N2O3. The Labute approximate surface area is 164 Å². The lowest BCUT2D eigenvalue weighted by atomic mass is 10.0. The Morgan fingerprint density at radius 3 is 2.67 bits per heavy atom. The largest absolute Gasteiger partial charge is 0.479 e. The molecule has 1 aromatic carbocycles. The maximum Gasteiger partial charge on any atom is 0.438 e. The second-order valence-corrected chi connectivity index (χ2v) is 7.09. The number of halogens is 5. The van der Waals surface area contributed by atoms with Crippen molar-refractivity contribution in [3.05, 3.63) is 28.2 Å². The third-order valence-corrected chi connectivity index (χ3v) is 4.60. The fourth-order valence-corrected chi connectivity index (χ4v) is 3.03. The van der Waals surface area contributed by atoms with Crippen LogP contribution < -0.4 is 4.74 Å². The third kappa shape index (κ3) is 4.67. The van der Waals surface area contributed by atoms with E-state index in [4.69, 9.17) is 27.9 Å². The van der Waals surface area contributed by atoms with Crippen LogP contribution in [0.4, 0.5) is 13.2 Å². The summed E-state index contributed by atoms with van der Waals surface area (Å²) in [6, 6.07) is 4.23. The van der Waals surface area contributed by atoms with Crippen molar-refractivity contribution < 1.29 is 27.8 Å². The van der Waals surface area contributed by atoms with Crippen LogP contribution in [0.25, 0.3) is 0 Å². The van der Waals surface area contributed by atoms with E-state index in [-0.39, 0.29) is 27.9 Å². The summed E-state index contributed by atoms with van der Waals surface area (Å²) in [6.45, 7) is 3.13. The van der Waals surface area contributed by atoms with Gasteiger partial charge in [-0.3, -0.25) is 4.79 Å². The standard InChI is InChI=1S/C17H19Cl2F3N2O3/c1-3-4-5-12-9-16(26,17(20,21)22)24(23-12)15(25)10(2)27-14-7-6-11(18)8-13(14)19/h6-8,10,26H,3-5,9H2,1-2H3. The maximum atomic E-state index is 13.5. The van der Waals surface area contributed by atoms with Gasteiger partial charge in [0.2, 0.25) is 0 Å². The molecule has 1 aliphatic heterocycles. The van der Waals surface area contributed by atoms with E-state index in [1.807, 2.05) is 6.92 Å². The normalized spacial score (nSPS) is 21.2. The van der Waals surface area contributed by atoms with Gasteiger partial charge in [-0.25, -0.2) is 0 Å². The van der Waals surface area contributed by atoms with Crippen molar-refractivity contribution >= 4 is 34.8 Å². The lowest BCUT2D eigenvalue weighted by molar-refractivity contribution is -0.303. The molecule has 5 nitrogen and oxygen atoms in total. The molecule has 0 spiro atoms. The van der Waals surface area contributed by atoms with Gasteiger partial charge in [0.05, 0.1) is 5.02 Å². The van der Waals surface area contributed by atoms with E-state index in [2.05, 4.69) is 5.10 Å². The van der Waals surface area contributed by atoms with Crippen LogP contribution in [-0.4, -0.2) is 39.7 Å². The van der Waals surface area contributed by atoms with Crippen LogP contribution in [0.15, 0.2) is 23.3 Å². The van der Waals surface area contributed by atoms with Gasteiger partial charge >= 0.3 is 6.18 Å². The monoisotopic (exact) mass is 426 g/mol. The first-order valence-electron chi connectivity index (χ1n) is 8.31. The molecule has 0 aliphatic carbocycles. The lowest BCUT2D eigenvalue weighted by Crippen LogP contribution is -2.58. The zero-order valence-electron chi connectivity index (χ0n) is 14.7. The summed E-state index contributed by atoms with van der Waals surface area (Å²) in [6.07, 6.45) is -5.62. The topological polar surface area (TPSA) is 62.1 Å². The van der Waals surface area contributed by atoms with Crippen LogP contribution in [0.5, 0.6) is 5.75 Å². The van der Waals surface area contributed by atoms with Gasteiger partial charge in [0.15, 0.2) is 6.10 Å². The molecule has 0 bridgehead atoms. The molecule has 0 radical (unpaired) electrons. The summed E-state index contributed by atoms with van der Waals surface area (Å²) in [5, 5.41) is 14.5. The van der Waals surface area contributed by atoms with E-state index in [1.165, 1.54) is 25.1 Å². The van der Waals surface area contributed by atoms with Gasteiger partial charge < -0.3 is 9.84 Å². The molecule has 1 N–H and O–H groups in total. The van der Waals surface area contributed by atoms with Crippen LogP contribution in [0.1, 0.15) is 39.5 Å². The predicted molar refractivity (Wildman–Crippen MR) is 96.0 cm³/mol. The summed E-state index contributed by atoms with van der Waals surface area (Å²) >= 11 is 11.7. The van der Waals surface area contributed by atoms with Crippen LogP contribution in [0.3, 0.4) is 0 Å². The summed E-state index contributed by atoms with van der Waals surface area (Å²) < 4.78 is 45.7. The van der Waals surface area contributed by atoms with E-state index in [9.17, 15) is 23.1 Å². The average Bonchev–Trinajstić information content (AvgIpc) is 2.92. The minimum absolute atomic E-state index is 0.0758. The number of hydrazone groups is 1. The number of alkyl halides is 3. The van der Waals surface area contributed by atoms with Crippen LogP contribution in [-0.2, 0) is 4.79 Å². The van der Waals surface area contributed by atoms with E-state index in [1.54, 1.807) is 0 Å². The highest BCUT2D eigenvalue weighted by Crippen LogP contribution is 2.41. The summed E-state index contributed by atoms with van der Waals surface area (Å²) in [5.74, 6) is -1.06. The van der Waals surface area contributed by atoms with Gasteiger partial charge in [0, 0.05) is 17.2 Å². The highest BCUT2D eigenvalue weighted by molar-refractivity contribution is 6.35. The van der Waals surface area contributed by atoms with Crippen molar-refractivity contribution in [3.8, 4) is 5.75 Å². The van der Waals surface area contributed by atoms with Gasteiger partial charge in [-0.1, -0.05) is 36.5 Å². The number of nitrogens with zero attached hydrogens (tertiary/aromatic N) is 2. The number of unbranched alkanes of at least 4 members (excludes halogenated alkanes) is 1. The first-order valence-corrected chi connectivity index (χ1v) is 9.06. The fourth-order valence-electron chi connectivity index (χ4n) is 2.57. The number of ether oxygens (including phenoxy) is 1. The molecule has 27 heavy (non-hydrogen) atoms. The molecule has 10 heteroatoms. The van der Waals surface area contributed by atoms with E-state index in [0.717, 1.165) is 6.42 Å². The Bertz CT molecular complexity index is 743. The summed E-state index contributed by atoms with van der Waals surface area (Å²) in [5.41, 5.74) is -3.28. The highest BCUT2D eigenvalue weighted by atomic mass is 35.5. The second kappa shape index (κ2) is 8.24. The Balaban J connectivity index is 2.25. The molecule has 2 rings (SSSR count). The lowest BCUT2D eigenvalue weighted by Gasteiger charge is -2.33. The van der Waals surface area contributed by atoms with E-state index in [0.29, 0.717) is 11.4 Å². The second-order valence-electron chi connectivity index (χ2n) is 6.25. The average molecular weight is 427 g/mol. The molecule has 2 unspecified atom stereocenters. The number of rotatable bonds is 6. The molecule has 0 saturated carbocycles. The minimum Gasteiger partial charge on any atom is -0.479 e. The van der Waals surface area contributed by atoms with E-state index >= 15 is 0 Å². The molecule has 1 aliphatic rings. The van der Waals surface area contributed by atoms with Crippen molar-refractivity contribution in [1.29, 1.82) is 0 Å². The first kappa shape index (κ1) is 21.8. The SMILES string of the molecule is CCCCC1=NN(C(=O)C(C)Oc2ccc(Cl)cc2Cl)C(O)(C(F)(F)F)C1. The van der Waals surface area contributed by atoms with Gasteiger partial charge in [0.1, 0.15) is 5.75 Å². The molecule has 1 aromatic rings. The van der Waals surface area contributed by atoms with Crippen molar-refractivity contribution in [3.63, 3.8) is 0 Å². The Morgan fingerprint density at radius 1 is 1.44 bits per heavy atom. The molecule has 0 aromatic heterocycles. The van der Waals surface area contributed by atoms with Gasteiger partial charge in [-0.2, -0.15) is 23.3 Å². The quantitative estimate of drug-likeness (QED) is 0.710. The zero-order chi connectivity index (χ0) is 20.4. The highest BCUT2D eigenvalue weighted by Gasteiger charge is 2.63. The molecule has 2 atom stereocenters. The number of carbonyl (C=O) groups excluding carboxylic acids is 1. The molecular weight excluding hydrogens is 408 g/mol. The Morgan fingerprint density at radius 2 is 2.11 bits per heavy atom. The van der Waals surface area contributed by atoms with E-state index < -0.39 is 30.3 Å². The number of hydrogen-bond acceptors (Lipinski definition) is 4. The van der Waals surface area contributed by atoms with Crippen LogP contribution in [0, 0.1) is 0 Å². The maximum absolute atomic E-state index is 13.5. The number of benzene rings is 1. The predicted octanol–water partition coefficient (Wildman–Crippen LogP) is 4.79. The number of aliphatic hydroxyl groups is 1. The van der Waals surface area contributed by atoms with Gasteiger partial charge in [-0.15, -0.1) is 0 Å². The van der Waals surface area contributed by atoms with Crippen molar-refractivity contribution in [2.45, 2.75) is 57.5 Å². The molecule has 150 valence electrons. The van der Waals surface area contributed by atoms with Crippen molar-refractivity contribution in [2.75, 3.05) is 0 Å². The first-order chi connectivity index (χ1) is 12.5. The molecule has 1 heterocycles. The van der Waals surface area contributed by atoms with Gasteiger partial charge in [-0.05, 0) is 38.0 Å².